The van der Waals surface area contributed by atoms with Crippen LogP contribution in [-0.2, 0) is 9.59 Å². The maximum absolute atomic E-state index is 11.7. The van der Waals surface area contributed by atoms with Crippen LogP contribution >= 0.6 is 0 Å². The van der Waals surface area contributed by atoms with Crippen LogP contribution < -0.4 is 0 Å². The lowest BCUT2D eigenvalue weighted by Crippen LogP contribution is -2.39. The Balaban J connectivity index is 2.81. The van der Waals surface area contributed by atoms with E-state index in [0.29, 0.717) is 18.8 Å². The third kappa shape index (κ3) is 1.98. The third-order valence-corrected chi connectivity index (χ3v) is 3.38. The van der Waals surface area contributed by atoms with E-state index in [4.69, 9.17) is 0 Å². The molecule has 1 aliphatic carbocycles. The summed E-state index contributed by atoms with van der Waals surface area (Å²) in [4.78, 5) is 22.8. The van der Waals surface area contributed by atoms with Crippen LogP contribution in [0.15, 0.2) is 0 Å². The Kier molecular flexibility index (Phi) is 2.89. The molecule has 0 unspecified atom stereocenters. The van der Waals surface area contributed by atoms with Crippen molar-refractivity contribution in [3.8, 4) is 0 Å². The van der Waals surface area contributed by atoms with Crippen LogP contribution in [0.4, 0.5) is 0 Å². The highest BCUT2D eigenvalue weighted by Gasteiger charge is 2.41. The molecule has 74 valence electrons. The normalized spacial score (nSPS) is 34.7. The Labute approximate surface area is 79.7 Å². The van der Waals surface area contributed by atoms with Gasteiger partial charge in [-0.15, -0.1) is 0 Å². The summed E-state index contributed by atoms with van der Waals surface area (Å²) in [5.74, 6) is 0.767. The van der Waals surface area contributed by atoms with Gasteiger partial charge >= 0.3 is 0 Å². The van der Waals surface area contributed by atoms with E-state index in [2.05, 4.69) is 6.92 Å². The molecule has 0 bridgehead atoms. The monoisotopic (exact) mass is 182 g/mol. The maximum Gasteiger partial charge on any atom is 0.139 e. The lowest BCUT2D eigenvalue weighted by Gasteiger charge is -2.37. The van der Waals surface area contributed by atoms with Crippen molar-refractivity contribution < 1.29 is 9.59 Å². The minimum atomic E-state index is -0.371. The molecule has 1 fully saturated rings. The summed E-state index contributed by atoms with van der Waals surface area (Å²) in [5, 5.41) is 0. The molecule has 2 heteroatoms. The lowest BCUT2D eigenvalue weighted by molar-refractivity contribution is -0.138. The van der Waals surface area contributed by atoms with Crippen LogP contribution in [0, 0.1) is 11.3 Å². The van der Waals surface area contributed by atoms with Gasteiger partial charge in [0.05, 0.1) is 0 Å². The van der Waals surface area contributed by atoms with E-state index in [9.17, 15) is 9.59 Å². The maximum atomic E-state index is 11.7. The van der Waals surface area contributed by atoms with E-state index in [1.165, 1.54) is 0 Å². The number of carbonyl (C=O) groups is 2. The van der Waals surface area contributed by atoms with Crippen LogP contribution in [0.3, 0.4) is 0 Å². The van der Waals surface area contributed by atoms with Gasteiger partial charge < -0.3 is 0 Å². The second kappa shape index (κ2) is 3.60. The number of carbonyl (C=O) groups excluding carboxylic acids is 2. The molecule has 0 aromatic carbocycles. The highest BCUT2D eigenvalue weighted by Crippen LogP contribution is 2.40. The molecule has 0 amide bonds. The minimum Gasteiger partial charge on any atom is -0.300 e. The molecule has 0 aliphatic heterocycles. The zero-order valence-corrected chi connectivity index (χ0v) is 8.72. The van der Waals surface area contributed by atoms with E-state index < -0.39 is 0 Å². The minimum absolute atomic E-state index is 0.129. The molecule has 0 N–H and O–H groups in total. The second-order valence-electron chi connectivity index (χ2n) is 4.51. The topological polar surface area (TPSA) is 34.1 Å². The number of Topliss-reactive ketones (excluding diaryl/α,β-unsaturated/α-hetero) is 2. The van der Waals surface area contributed by atoms with E-state index in [1.54, 1.807) is 6.92 Å². The van der Waals surface area contributed by atoms with Crippen LogP contribution in [0.25, 0.3) is 0 Å². The Morgan fingerprint density at radius 1 is 1.62 bits per heavy atom. The Bertz CT molecular complexity index is 232. The molecule has 0 aromatic heterocycles. The Morgan fingerprint density at radius 3 is 2.69 bits per heavy atom. The molecule has 0 aromatic rings. The summed E-state index contributed by atoms with van der Waals surface area (Å²) in [6.45, 7) is 5.60. The first-order valence-corrected chi connectivity index (χ1v) is 4.99. The molecule has 2 atom stereocenters. The van der Waals surface area contributed by atoms with Gasteiger partial charge in [0, 0.05) is 18.3 Å². The van der Waals surface area contributed by atoms with Crippen LogP contribution in [0.5, 0.6) is 0 Å². The highest BCUT2D eigenvalue weighted by molar-refractivity contribution is 5.90. The van der Waals surface area contributed by atoms with Gasteiger partial charge in [0.25, 0.3) is 0 Å². The molecule has 13 heavy (non-hydrogen) atoms. The average molecular weight is 182 g/mol. The Morgan fingerprint density at radius 2 is 2.23 bits per heavy atom. The van der Waals surface area contributed by atoms with Gasteiger partial charge in [-0.25, -0.2) is 0 Å². The fourth-order valence-corrected chi connectivity index (χ4v) is 2.24. The molecule has 0 spiro atoms. The van der Waals surface area contributed by atoms with Gasteiger partial charge in [-0.3, -0.25) is 9.59 Å². The van der Waals surface area contributed by atoms with Gasteiger partial charge in [-0.1, -0.05) is 13.8 Å². The van der Waals surface area contributed by atoms with E-state index in [0.717, 1.165) is 12.8 Å². The molecular formula is C11H18O2. The zero-order chi connectivity index (χ0) is 10.1. The number of hydrogen-bond acceptors (Lipinski definition) is 2. The molecule has 0 saturated heterocycles. The number of hydrogen-bond donors (Lipinski definition) is 0. The summed E-state index contributed by atoms with van der Waals surface area (Å²) < 4.78 is 0. The first-order valence-electron chi connectivity index (χ1n) is 4.99. The molecule has 0 radical (unpaired) electrons. The van der Waals surface area contributed by atoms with Crippen molar-refractivity contribution >= 4 is 11.6 Å². The molecule has 2 nitrogen and oxygen atoms in total. The van der Waals surface area contributed by atoms with Gasteiger partial charge in [0.1, 0.15) is 11.6 Å². The Hall–Kier alpha value is -0.660. The zero-order valence-electron chi connectivity index (χ0n) is 8.72. The lowest BCUT2D eigenvalue weighted by atomic mass is 9.65. The van der Waals surface area contributed by atoms with E-state index in [1.807, 2.05) is 6.92 Å². The summed E-state index contributed by atoms with van der Waals surface area (Å²) in [7, 11) is 0. The van der Waals surface area contributed by atoms with Gasteiger partial charge in [0.2, 0.25) is 0 Å². The average Bonchev–Trinajstić information content (AvgIpc) is 1.99. The molecule has 1 aliphatic rings. The predicted octanol–water partition coefficient (Wildman–Crippen LogP) is 2.36. The van der Waals surface area contributed by atoms with Crippen molar-refractivity contribution in [1.82, 2.24) is 0 Å². The first-order chi connectivity index (χ1) is 5.97. The van der Waals surface area contributed by atoms with Crippen molar-refractivity contribution in [2.75, 3.05) is 0 Å². The summed E-state index contributed by atoms with van der Waals surface area (Å²) >= 11 is 0. The van der Waals surface area contributed by atoms with Gasteiger partial charge in [-0.2, -0.15) is 0 Å². The SMILES string of the molecule is CC(=O)C[C@@]1(C)C(=O)CCC[C@@H]1C. The summed E-state index contributed by atoms with van der Waals surface area (Å²) in [6, 6.07) is 0. The fourth-order valence-electron chi connectivity index (χ4n) is 2.24. The van der Waals surface area contributed by atoms with Crippen molar-refractivity contribution in [2.24, 2.45) is 11.3 Å². The van der Waals surface area contributed by atoms with Crippen LogP contribution in [0.1, 0.15) is 46.5 Å². The third-order valence-electron chi connectivity index (χ3n) is 3.38. The smallest absolute Gasteiger partial charge is 0.139 e. The first kappa shape index (κ1) is 10.4. The summed E-state index contributed by atoms with van der Waals surface area (Å²) in [5.41, 5.74) is -0.371. The fraction of sp³-hybridized carbons (Fsp3) is 0.818. The van der Waals surface area contributed by atoms with Crippen molar-refractivity contribution in [3.63, 3.8) is 0 Å². The van der Waals surface area contributed by atoms with Crippen LogP contribution in [-0.4, -0.2) is 11.6 Å². The standard InChI is InChI=1S/C11H18O2/c1-8-5-4-6-10(13)11(8,3)7-9(2)12/h8H,4-7H2,1-3H3/t8-,11+/m0/s1. The largest absolute Gasteiger partial charge is 0.300 e. The van der Waals surface area contributed by atoms with Crippen molar-refractivity contribution in [3.05, 3.63) is 0 Å². The molecule has 0 heterocycles. The van der Waals surface area contributed by atoms with E-state index in [-0.39, 0.29) is 17.0 Å². The highest BCUT2D eigenvalue weighted by atomic mass is 16.1. The molecule has 1 saturated carbocycles. The van der Waals surface area contributed by atoms with Crippen LogP contribution in [0.2, 0.25) is 0 Å². The van der Waals surface area contributed by atoms with Gasteiger partial charge in [0.15, 0.2) is 0 Å². The predicted molar refractivity (Wildman–Crippen MR) is 51.4 cm³/mol. The number of ketones is 2. The molecule has 1 rings (SSSR count). The van der Waals surface area contributed by atoms with Crippen molar-refractivity contribution in [1.29, 1.82) is 0 Å². The van der Waals surface area contributed by atoms with E-state index >= 15 is 0 Å². The number of rotatable bonds is 2. The second-order valence-corrected chi connectivity index (χ2v) is 4.51. The van der Waals surface area contributed by atoms with Gasteiger partial charge in [-0.05, 0) is 25.7 Å². The van der Waals surface area contributed by atoms with Crippen molar-refractivity contribution in [2.45, 2.75) is 46.5 Å². The summed E-state index contributed by atoms with van der Waals surface area (Å²) in [6.07, 6.45) is 3.16. The quantitative estimate of drug-likeness (QED) is 0.657. The molecular weight excluding hydrogens is 164 g/mol.